The molecule has 0 radical (unpaired) electrons. The molecule has 2 N–H and O–H groups in total. The summed E-state index contributed by atoms with van der Waals surface area (Å²) in [5.74, 6) is -1.93. The van der Waals surface area contributed by atoms with Crippen molar-refractivity contribution in [1.29, 1.82) is 0 Å². The van der Waals surface area contributed by atoms with Crippen LogP contribution in [-0.4, -0.2) is 22.2 Å². The van der Waals surface area contributed by atoms with E-state index in [1.54, 1.807) is 0 Å². The molecule has 19 heavy (non-hydrogen) atoms. The van der Waals surface area contributed by atoms with Gasteiger partial charge in [-0.15, -0.1) is 0 Å². The summed E-state index contributed by atoms with van der Waals surface area (Å²) < 4.78 is 0. The summed E-state index contributed by atoms with van der Waals surface area (Å²) in [6.07, 6.45) is 4.35. The van der Waals surface area contributed by atoms with Crippen LogP contribution in [0.15, 0.2) is 0 Å². The zero-order valence-electron chi connectivity index (χ0n) is 12.6. The Morgan fingerprint density at radius 2 is 1.74 bits per heavy atom. The van der Waals surface area contributed by atoms with E-state index < -0.39 is 17.9 Å². The highest BCUT2D eigenvalue weighted by Gasteiger charge is 2.36. The third-order valence-electron chi connectivity index (χ3n) is 3.81. The molecule has 0 saturated carbocycles. The molecule has 0 bridgehead atoms. The Bertz CT molecular complexity index is 297. The Morgan fingerprint density at radius 3 is 2.16 bits per heavy atom. The lowest BCUT2D eigenvalue weighted by Crippen LogP contribution is -2.33. The van der Waals surface area contributed by atoms with Gasteiger partial charge >= 0.3 is 11.9 Å². The van der Waals surface area contributed by atoms with Crippen LogP contribution in [-0.2, 0) is 9.59 Å². The molecule has 0 aromatic carbocycles. The summed E-state index contributed by atoms with van der Waals surface area (Å²) in [5, 5.41) is 18.0. The summed E-state index contributed by atoms with van der Waals surface area (Å²) in [7, 11) is 0. The Balaban J connectivity index is 4.59. The zero-order chi connectivity index (χ0) is 15.1. The van der Waals surface area contributed by atoms with E-state index in [0.29, 0.717) is 5.92 Å². The maximum absolute atomic E-state index is 11.4. The number of aliphatic carboxylic acids is 2. The van der Waals surface area contributed by atoms with Crippen molar-refractivity contribution in [2.24, 2.45) is 17.3 Å². The molecule has 0 amide bonds. The molecule has 0 heterocycles. The molecule has 4 heteroatoms. The maximum Gasteiger partial charge on any atom is 0.307 e. The summed E-state index contributed by atoms with van der Waals surface area (Å²) >= 11 is 0. The first-order valence-electron chi connectivity index (χ1n) is 7.15. The Kier molecular flexibility index (Phi) is 7.72. The third kappa shape index (κ3) is 7.19. The van der Waals surface area contributed by atoms with Crippen LogP contribution in [0.5, 0.6) is 0 Å². The van der Waals surface area contributed by atoms with Crippen LogP contribution in [0.25, 0.3) is 0 Å². The molecule has 0 aliphatic rings. The van der Waals surface area contributed by atoms with Crippen LogP contribution in [0.4, 0.5) is 0 Å². The second-order valence-electron chi connectivity index (χ2n) is 6.26. The van der Waals surface area contributed by atoms with E-state index in [1.807, 2.05) is 13.8 Å². The minimum atomic E-state index is -0.930. The van der Waals surface area contributed by atoms with Crippen molar-refractivity contribution in [1.82, 2.24) is 0 Å². The number of carboxylic acid groups (broad SMARTS) is 2. The molecule has 0 aliphatic heterocycles. The fraction of sp³-hybridized carbons (Fsp3) is 0.867. The van der Waals surface area contributed by atoms with E-state index in [0.717, 1.165) is 25.7 Å². The van der Waals surface area contributed by atoms with Gasteiger partial charge < -0.3 is 10.2 Å². The van der Waals surface area contributed by atoms with Gasteiger partial charge in [0.1, 0.15) is 0 Å². The molecular formula is C15H28O4. The molecule has 0 fully saturated rings. The van der Waals surface area contributed by atoms with Crippen molar-refractivity contribution < 1.29 is 19.8 Å². The van der Waals surface area contributed by atoms with Gasteiger partial charge in [0.05, 0.1) is 5.92 Å². The molecule has 0 aromatic rings. The van der Waals surface area contributed by atoms with E-state index >= 15 is 0 Å². The molecule has 0 aromatic heterocycles. The number of unbranched alkanes of at least 4 members (excludes halogenated alkanes) is 1. The lowest BCUT2D eigenvalue weighted by molar-refractivity contribution is -0.147. The van der Waals surface area contributed by atoms with Crippen LogP contribution in [0.2, 0.25) is 0 Å². The highest BCUT2D eigenvalue weighted by atomic mass is 16.4. The average molecular weight is 272 g/mol. The van der Waals surface area contributed by atoms with Crippen molar-refractivity contribution in [2.75, 3.05) is 0 Å². The molecule has 0 aliphatic carbocycles. The third-order valence-corrected chi connectivity index (χ3v) is 3.81. The quantitative estimate of drug-likeness (QED) is 0.634. The first-order valence-corrected chi connectivity index (χ1v) is 7.15. The number of hydrogen-bond acceptors (Lipinski definition) is 2. The van der Waals surface area contributed by atoms with Crippen molar-refractivity contribution in [2.45, 2.75) is 66.2 Å². The molecule has 0 saturated heterocycles. The molecular weight excluding hydrogens is 244 g/mol. The summed E-state index contributed by atoms with van der Waals surface area (Å²) in [6.45, 7) is 8.17. The van der Waals surface area contributed by atoms with Gasteiger partial charge in [-0.3, -0.25) is 9.59 Å². The van der Waals surface area contributed by atoms with E-state index in [9.17, 15) is 14.7 Å². The molecule has 2 atom stereocenters. The Labute approximate surface area is 116 Å². The highest BCUT2D eigenvalue weighted by Crippen LogP contribution is 2.38. The number of carboxylic acids is 2. The molecule has 4 nitrogen and oxygen atoms in total. The number of carbonyl (C=O) groups is 2. The van der Waals surface area contributed by atoms with Gasteiger partial charge in [0, 0.05) is 6.42 Å². The largest absolute Gasteiger partial charge is 0.481 e. The Hall–Kier alpha value is -1.06. The number of hydrogen-bond donors (Lipinski definition) is 2. The standard InChI is InChI=1S/C15H28O4/c1-5-6-7-11(2)10-15(3,4)12(14(18)19)8-9-13(16)17/h11-12H,5-10H2,1-4H3,(H,16,17)(H,18,19). The predicted molar refractivity (Wildman–Crippen MR) is 75.1 cm³/mol. The van der Waals surface area contributed by atoms with Gasteiger partial charge in [-0.05, 0) is 24.2 Å². The zero-order valence-corrected chi connectivity index (χ0v) is 12.6. The van der Waals surface area contributed by atoms with Crippen molar-refractivity contribution in [3.8, 4) is 0 Å². The maximum atomic E-state index is 11.4. The summed E-state index contributed by atoms with van der Waals surface area (Å²) in [6, 6.07) is 0. The van der Waals surface area contributed by atoms with Gasteiger partial charge in [-0.2, -0.15) is 0 Å². The van der Waals surface area contributed by atoms with E-state index in [2.05, 4.69) is 13.8 Å². The average Bonchev–Trinajstić information content (AvgIpc) is 2.24. The minimum Gasteiger partial charge on any atom is -0.481 e. The topological polar surface area (TPSA) is 74.6 Å². The lowest BCUT2D eigenvalue weighted by Gasteiger charge is -2.33. The van der Waals surface area contributed by atoms with E-state index in [-0.39, 0.29) is 18.3 Å². The van der Waals surface area contributed by atoms with Gasteiger partial charge in [0.15, 0.2) is 0 Å². The SMILES string of the molecule is CCCCC(C)CC(C)(C)C(CCC(=O)O)C(=O)O. The number of rotatable bonds is 10. The van der Waals surface area contributed by atoms with Crippen LogP contribution in [0.1, 0.15) is 66.2 Å². The molecule has 0 spiro atoms. The first-order chi connectivity index (χ1) is 8.70. The normalized spacial score (nSPS) is 14.9. The van der Waals surface area contributed by atoms with Gasteiger partial charge in [0.25, 0.3) is 0 Å². The van der Waals surface area contributed by atoms with Gasteiger partial charge in [0.2, 0.25) is 0 Å². The summed E-state index contributed by atoms with van der Waals surface area (Å²) in [4.78, 5) is 22.0. The smallest absolute Gasteiger partial charge is 0.307 e. The fourth-order valence-corrected chi connectivity index (χ4v) is 2.81. The van der Waals surface area contributed by atoms with Gasteiger partial charge in [-0.25, -0.2) is 0 Å². The van der Waals surface area contributed by atoms with Crippen molar-refractivity contribution in [3.63, 3.8) is 0 Å². The van der Waals surface area contributed by atoms with E-state index in [4.69, 9.17) is 5.11 Å². The first kappa shape index (κ1) is 17.9. The van der Waals surface area contributed by atoms with E-state index in [1.165, 1.54) is 0 Å². The second-order valence-corrected chi connectivity index (χ2v) is 6.26. The van der Waals surface area contributed by atoms with Crippen molar-refractivity contribution in [3.05, 3.63) is 0 Å². The van der Waals surface area contributed by atoms with Crippen LogP contribution < -0.4 is 0 Å². The summed E-state index contributed by atoms with van der Waals surface area (Å²) in [5.41, 5.74) is -0.367. The van der Waals surface area contributed by atoms with Crippen molar-refractivity contribution >= 4 is 11.9 Å². The highest BCUT2D eigenvalue weighted by molar-refractivity contribution is 5.73. The van der Waals surface area contributed by atoms with Crippen LogP contribution >= 0.6 is 0 Å². The van der Waals surface area contributed by atoms with Gasteiger partial charge in [-0.1, -0.05) is 47.0 Å². The predicted octanol–water partition coefficient (Wildman–Crippen LogP) is 3.79. The Morgan fingerprint density at radius 1 is 1.16 bits per heavy atom. The second kappa shape index (κ2) is 8.18. The monoisotopic (exact) mass is 272 g/mol. The molecule has 0 rings (SSSR count). The minimum absolute atomic E-state index is 0.0796. The van der Waals surface area contributed by atoms with Crippen LogP contribution in [0.3, 0.4) is 0 Å². The van der Waals surface area contributed by atoms with Crippen LogP contribution in [0, 0.1) is 17.3 Å². The molecule has 2 unspecified atom stereocenters. The fourth-order valence-electron chi connectivity index (χ4n) is 2.81. The lowest BCUT2D eigenvalue weighted by atomic mass is 9.70. The molecule has 112 valence electrons.